The summed E-state index contributed by atoms with van der Waals surface area (Å²) in [6.07, 6.45) is 1.61. The average molecular weight is 428 g/mol. The number of likely N-dealkylation sites (tertiary alicyclic amines) is 1. The zero-order valence-electron chi connectivity index (χ0n) is 18.2. The van der Waals surface area contributed by atoms with Crippen molar-refractivity contribution in [1.29, 1.82) is 0 Å². The highest BCUT2D eigenvalue weighted by atomic mass is 16.5. The van der Waals surface area contributed by atoms with Gasteiger partial charge in [0.1, 0.15) is 17.6 Å². The van der Waals surface area contributed by atoms with Crippen LogP contribution >= 0.6 is 0 Å². The lowest BCUT2D eigenvalue weighted by Crippen LogP contribution is -2.29. The van der Waals surface area contributed by atoms with Crippen molar-refractivity contribution in [2.24, 2.45) is 0 Å². The number of hydrogen-bond donors (Lipinski definition) is 1. The van der Waals surface area contributed by atoms with Crippen LogP contribution in [0.3, 0.4) is 0 Å². The van der Waals surface area contributed by atoms with Gasteiger partial charge in [0.2, 0.25) is 0 Å². The lowest BCUT2D eigenvalue weighted by atomic mass is 9.95. The molecule has 162 valence electrons. The summed E-state index contributed by atoms with van der Waals surface area (Å²) in [6.45, 7) is 3.96. The zero-order chi connectivity index (χ0) is 22.8. The molecule has 2 heterocycles. The standard InChI is InChI=1S/C26H24N2O4/c1-16-7-8-17(2)20(14-16)24(29)22-23(21-6-4-5-13-27-21)28(26(31)25(22)30)15-18-9-11-19(32-3)12-10-18/h4-14,23,29H,15H2,1-3H3/b24-22+. The van der Waals surface area contributed by atoms with E-state index in [0.29, 0.717) is 17.0 Å². The topological polar surface area (TPSA) is 79.7 Å². The maximum absolute atomic E-state index is 13.1. The fraction of sp³-hybridized carbons (Fsp3) is 0.192. The molecule has 0 aliphatic carbocycles. The molecular weight excluding hydrogens is 404 g/mol. The normalized spacial score (nSPS) is 17.6. The molecule has 1 atom stereocenters. The molecule has 1 N–H and O–H groups in total. The first kappa shape index (κ1) is 21.3. The molecular formula is C26H24N2O4. The predicted octanol–water partition coefficient (Wildman–Crippen LogP) is 4.33. The van der Waals surface area contributed by atoms with Crippen molar-refractivity contribution in [2.45, 2.75) is 26.4 Å². The van der Waals surface area contributed by atoms with Gasteiger partial charge in [0, 0.05) is 18.3 Å². The van der Waals surface area contributed by atoms with Crippen LogP contribution in [-0.2, 0) is 16.1 Å². The van der Waals surface area contributed by atoms with E-state index in [0.717, 1.165) is 16.7 Å². The number of pyridine rings is 1. The van der Waals surface area contributed by atoms with Crippen molar-refractivity contribution in [3.05, 3.63) is 100 Å². The molecule has 0 saturated carbocycles. The van der Waals surface area contributed by atoms with E-state index in [4.69, 9.17) is 4.74 Å². The van der Waals surface area contributed by atoms with Crippen molar-refractivity contribution in [3.8, 4) is 5.75 Å². The number of hydrogen-bond acceptors (Lipinski definition) is 5. The number of nitrogens with zero attached hydrogens (tertiary/aromatic N) is 2. The number of aromatic nitrogens is 1. The van der Waals surface area contributed by atoms with E-state index in [9.17, 15) is 14.7 Å². The number of ketones is 1. The van der Waals surface area contributed by atoms with E-state index in [2.05, 4.69) is 4.98 Å². The fourth-order valence-corrected chi connectivity index (χ4v) is 3.95. The Morgan fingerprint density at radius 2 is 1.81 bits per heavy atom. The minimum Gasteiger partial charge on any atom is -0.507 e. The monoisotopic (exact) mass is 428 g/mol. The third-order valence-electron chi connectivity index (χ3n) is 5.67. The summed E-state index contributed by atoms with van der Waals surface area (Å²) < 4.78 is 5.20. The minimum absolute atomic E-state index is 0.0518. The highest BCUT2D eigenvalue weighted by Crippen LogP contribution is 2.40. The van der Waals surface area contributed by atoms with Gasteiger partial charge in [-0.15, -0.1) is 0 Å². The van der Waals surface area contributed by atoms with E-state index in [-0.39, 0.29) is 17.9 Å². The molecule has 0 bridgehead atoms. The predicted molar refractivity (Wildman–Crippen MR) is 121 cm³/mol. The summed E-state index contributed by atoms with van der Waals surface area (Å²) in [6, 6.07) is 17.5. The average Bonchev–Trinajstić information content (AvgIpc) is 3.06. The van der Waals surface area contributed by atoms with Crippen LogP contribution in [0.4, 0.5) is 0 Å². The molecule has 1 aromatic heterocycles. The van der Waals surface area contributed by atoms with Gasteiger partial charge in [0.05, 0.1) is 18.4 Å². The van der Waals surface area contributed by atoms with E-state index < -0.39 is 17.7 Å². The lowest BCUT2D eigenvalue weighted by molar-refractivity contribution is -0.140. The van der Waals surface area contributed by atoms with E-state index >= 15 is 0 Å². The number of methoxy groups -OCH3 is 1. The second-order valence-electron chi connectivity index (χ2n) is 7.85. The number of carbonyl (C=O) groups is 2. The van der Waals surface area contributed by atoms with E-state index in [1.54, 1.807) is 43.6 Å². The Morgan fingerprint density at radius 3 is 2.47 bits per heavy atom. The first-order chi connectivity index (χ1) is 15.4. The molecule has 0 spiro atoms. The van der Waals surface area contributed by atoms with Crippen LogP contribution in [0.1, 0.15) is 34.0 Å². The molecule has 6 heteroatoms. The number of carbonyl (C=O) groups excluding carboxylic acids is 2. The summed E-state index contributed by atoms with van der Waals surface area (Å²) >= 11 is 0. The van der Waals surface area contributed by atoms with Crippen LogP contribution in [-0.4, -0.2) is 33.8 Å². The van der Waals surface area contributed by atoms with Gasteiger partial charge in [-0.1, -0.05) is 35.9 Å². The maximum Gasteiger partial charge on any atom is 0.296 e. The van der Waals surface area contributed by atoms with Gasteiger partial charge in [-0.25, -0.2) is 0 Å². The van der Waals surface area contributed by atoms with Gasteiger partial charge in [0.15, 0.2) is 0 Å². The Bertz CT molecular complexity index is 1200. The van der Waals surface area contributed by atoms with Crippen molar-refractivity contribution >= 4 is 17.4 Å². The number of aryl methyl sites for hydroxylation is 2. The molecule has 3 aromatic rings. The second kappa shape index (κ2) is 8.67. The van der Waals surface area contributed by atoms with Gasteiger partial charge in [-0.05, 0) is 55.3 Å². The molecule has 1 unspecified atom stereocenters. The van der Waals surface area contributed by atoms with Crippen molar-refractivity contribution in [2.75, 3.05) is 7.11 Å². The summed E-state index contributed by atoms with van der Waals surface area (Å²) in [5.41, 5.74) is 3.70. The Morgan fingerprint density at radius 1 is 1.06 bits per heavy atom. The largest absolute Gasteiger partial charge is 0.507 e. The lowest BCUT2D eigenvalue weighted by Gasteiger charge is -2.24. The number of ether oxygens (including phenoxy) is 1. The van der Waals surface area contributed by atoms with Crippen LogP contribution in [0, 0.1) is 13.8 Å². The third kappa shape index (κ3) is 3.87. The van der Waals surface area contributed by atoms with Crippen LogP contribution in [0.25, 0.3) is 5.76 Å². The molecule has 1 amide bonds. The Labute approximate surface area is 186 Å². The van der Waals surface area contributed by atoms with Gasteiger partial charge in [-0.2, -0.15) is 0 Å². The molecule has 1 saturated heterocycles. The van der Waals surface area contributed by atoms with Crippen LogP contribution in [0.15, 0.2) is 72.4 Å². The smallest absolute Gasteiger partial charge is 0.296 e. The molecule has 6 nitrogen and oxygen atoms in total. The Kier molecular flexibility index (Phi) is 5.77. The molecule has 1 aliphatic rings. The maximum atomic E-state index is 13.1. The first-order valence-electron chi connectivity index (χ1n) is 10.3. The van der Waals surface area contributed by atoms with Gasteiger partial charge in [-0.3, -0.25) is 14.6 Å². The summed E-state index contributed by atoms with van der Waals surface area (Å²) in [5.74, 6) is -0.861. The van der Waals surface area contributed by atoms with E-state index in [1.807, 2.05) is 44.2 Å². The highest BCUT2D eigenvalue weighted by molar-refractivity contribution is 6.46. The first-order valence-corrected chi connectivity index (χ1v) is 10.3. The molecule has 1 fully saturated rings. The third-order valence-corrected chi connectivity index (χ3v) is 5.67. The Balaban J connectivity index is 1.84. The molecule has 2 aromatic carbocycles. The van der Waals surface area contributed by atoms with Gasteiger partial charge >= 0.3 is 0 Å². The molecule has 32 heavy (non-hydrogen) atoms. The van der Waals surface area contributed by atoms with Crippen molar-refractivity contribution < 1.29 is 19.4 Å². The second-order valence-corrected chi connectivity index (χ2v) is 7.85. The fourth-order valence-electron chi connectivity index (χ4n) is 3.95. The molecule has 1 aliphatic heterocycles. The van der Waals surface area contributed by atoms with Crippen LogP contribution < -0.4 is 4.74 Å². The number of Topliss-reactive ketones (excluding diaryl/α,β-unsaturated/α-hetero) is 1. The van der Waals surface area contributed by atoms with Gasteiger partial charge in [0.25, 0.3) is 11.7 Å². The number of benzene rings is 2. The number of amides is 1. The summed E-state index contributed by atoms with van der Waals surface area (Å²) in [5, 5.41) is 11.2. The minimum atomic E-state index is -0.793. The SMILES string of the molecule is COc1ccc(CN2C(=O)C(=O)/C(=C(/O)c3cc(C)ccc3C)C2c2ccccn2)cc1. The van der Waals surface area contributed by atoms with Crippen LogP contribution in [0.2, 0.25) is 0 Å². The van der Waals surface area contributed by atoms with E-state index in [1.165, 1.54) is 4.90 Å². The highest BCUT2D eigenvalue weighted by Gasteiger charge is 2.46. The number of rotatable bonds is 5. The number of aliphatic hydroxyl groups is 1. The summed E-state index contributed by atoms with van der Waals surface area (Å²) in [4.78, 5) is 32.1. The number of aliphatic hydroxyl groups excluding tert-OH is 1. The quantitative estimate of drug-likeness (QED) is 0.372. The molecule has 0 radical (unpaired) electrons. The van der Waals surface area contributed by atoms with Gasteiger partial charge < -0.3 is 14.7 Å². The van der Waals surface area contributed by atoms with Crippen molar-refractivity contribution in [1.82, 2.24) is 9.88 Å². The van der Waals surface area contributed by atoms with Crippen LogP contribution in [0.5, 0.6) is 5.75 Å². The summed E-state index contributed by atoms with van der Waals surface area (Å²) in [7, 11) is 1.59. The molecule has 4 rings (SSSR count). The zero-order valence-corrected chi connectivity index (χ0v) is 18.2. The Hall–Kier alpha value is -3.93. The van der Waals surface area contributed by atoms with Crippen molar-refractivity contribution in [3.63, 3.8) is 0 Å².